The van der Waals surface area contributed by atoms with Crippen LogP contribution in [0.25, 0.3) is 0 Å². The molecule has 1 atom stereocenters. The van der Waals surface area contributed by atoms with Crippen LogP contribution >= 0.6 is 0 Å². The molecule has 1 aromatic rings. The van der Waals surface area contributed by atoms with Gasteiger partial charge in [-0.15, -0.1) is 0 Å². The lowest BCUT2D eigenvalue weighted by atomic mass is 10.2. The van der Waals surface area contributed by atoms with E-state index in [1.807, 2.05) is 19.9 Å². The summed E-state index contributed by atoms with van der Waals surface area (Å²) in [5.41, 5.74) is 7.26. The molecule has 1 aromatic carbocycles. The van der Waals surface area contributed by atoms with E-state index >= 15 is 0 Å². The highest BCUT2D eigenvalue weighted by molar-refractivity contribution is 5.84. The third kappa shape index (κ3) is 6.38. The molecule has 0 aliphatic rings. The maximum Gasteiger partial charge on any atom is 0.242 e. The molecular weight excluding hydrogens is 266 g/mol. The van der Waals surface area contributed by atoms with Crippen molar-refractivity contribution in [2.24, 2.45) is 5.92 Å². The second-order valence-electron chi connectivity index (χ2n) is 5.64. The van der Waals surface area contributed by atoms with Crippen LogP contribution in [-0.4, -0.2) is 25.1 Å². The largest absolute Gasteiger partial charge is 0.493 e. The van der Waals surface area contributed by atoms with Crippen LogP contribution < -0.4 is 21.1 Å². The summed E-state index contributed by atoms with van der Waals surface area (Å²) < 4.78 is 5.58. The smallest absolute Gasteiger partial charge is 0.242 e. The lowest BCUT2D eigenvalue weighted by Crippen LogP contribution is -2.39. The van der Waals surface area contributed by atoms with Crippen molar-refractivity contribution in [3.63, 3.8) is 0 Å². The Hall–Kier alpha value is -1.91. The van der Waals surface area contributed by atoms with Gasteiger partial charge in [0.15, 0.2) is 0 Å². The van der Waals surface area contributed by atoms with Gasteiger partial charge < -0.3 is 21.1 Å². The zero-order chi connectivity index (χ0) is 15.8. The average molecular weight is 293 g/mol. The Morgan fingerprint density at radius 1 is 1.29 bits per heavy atom. The minimum Gasteiger partial charge on any atom is -0.493 e. The Bertz CT molecular complexity index is 461. The standard InChI is InChI=1S/C16H27N3O2/c1-5-6-21-15-8-13(17)7-14(9-15)19-12(4)16(20)18-10-11(2)3/h7-9,11-12,19H,5-6,10,17H2,1-4H3,(H,18,20). The number of rotatable bonds is 8. The van der Waals surface area contributed by atoms with Crippen LogP contribution in [0.3, 0.4) is 0 Å². The van der Waals surface area contributed by atoms with E-state index in [2.05, 4.69) is 24.5 Å². The fourth-order valence-corrected chi connectivity index (χ4v) is 1.78. The summed E-state index contributed by atoms with van der Waals surface area (Å²) in [6.07, 6.45) is 0.936. The van der Waals surface area contributed by atoms with E-state index in [-0.39, 0.29) is 11.9 Å². The number of nitrogens with two attached hydrogens (primary N) is 1. The molecule has 1 rings (SSSR count). The number of ether oxygens (including phenoxy) is 1. The number of amides is 1. The first kappa shape index (κ1) is 17.1. The van der Waals surface area contributed by atoms with Crippen molar-refractivity contribution in [3.05, 3.63) is 18.2 Å². The van der Waals surface area contributed by atoms with Gasteiger partial charge >= 0.3 is 0 Å². The SMILES string of the molecule is CCCOc1cc(N)cc(NC(C)C(=O)NCC(C)C)c1. The van der Waals surface area contributed by atoms with Gasteiger partial charge in [-0.2, -0.15) is 0 Å². The molecule has 0 aliphatic heterocycles. The molecule has 21 heavy (non-hydrogen) atoms. The normalized spacial score (nSPS) is 12.0. The van der Waals surface area contributed by atoms with Crippen molar-refractivity contribution >= 4 is 17.3 Å². The maximum atomic E-state index is 12.0. The highest BCUT2D eigenvalue weighted by Crippen LogP contribution is 2.23. The van der Waals surface area contributed by atoms with Crippen molar-refractivity contribution in [2.75, 3.05) is 24.2 Å². The van der Waals surface area contributed by atoms with Crippen LogP contribution in [0.1, 0.15) is 34.1 Å². The molecule has 0 spiro atoms. The van der Waals surface area contributed by atoms with Crippen molar-refractivity contribution in [1.29, 1.82) is 0 Å². The number of nitrogens with one attached hydrogen (secondary N) is 2. The van der Waals surface area contributed by atoms with Crippen LogP contribution in [0.4, 0.5) is 11.4 Å². The lowest BCUT2D eigenvalue weighted by Gasteiger charge is -2.17. The molecule has 4 N–H and O–H groups in total. The van der Waals surface area contributed by atoms with Crippen LogP contribution in [-0.2, 0) is 4.79 Å². The van der Waals surface area contributed by atoms with E-state index < -0.39 is 0 Å². The molecule has 1 unspecified atom stereocenters. The fourth-order valence-electron chi connectivity index (χ4n) is 1.78. The predicted molar refractivity (Wildman–Crippen MR) is 87.6 cm³/mol. The van der Waals surface area contributed by atoms with Crippen LogP contribution in [0.5, 0.6) is 5.75 Å². The van der Waals surface area contributed by atoms with Crippen molar-refractivity contribution in [3.8, 4) is 5.75 Å². The van der Waals surface area contributed by atoms with Crippen molar-refractivity contribution < 1.29 is 9.53 Å². The van der Waals surface area contributed by atoms with Gasteiger partial charge in [0.25, 0.3) is 0 Å². The number of benzene rings is 1. The highest BCUT2D eigenvalue weighted by atomic mass is 16.5. The average Bonchev–Trinajstić information content (AvgIpc) is 2.41. The van der Waals surface area contributed by atoms with Gasteiger partial charge in [0.1, 0.15) is 11.8 Å². The van der Waals surface area contributed by atoms with Gasteiger partial charge in [0, 0.05) is 30.1 Å². The minimum atomic E-state index is -0.329. The third-order valence-electron chi connectivity index (χ3n) is 2.86. The topological polar surface area (TPSA) is 76.4 Å². The Kier molecular flexibility index (Phi) is 6.85. The molecule has 0 saturated carbocycles. The molecule has 0 radical (unpaired) electrons. The van der Waals surface area contributed by atoms with Gasteiger partial charge in [-0.25, -0.2) is 0 Å². The molecule has 0 fully saturated rings. The van der Waals surface area contributed by atoms with E-state index in [1.54, 1.807) is 12.1 Å². The molecule has 0 aromatic heterocycles. The van der Waals surface area contributed by atoms with E-state index in [0.29, 0.717) is 30.5 Å². The van der Waals surface area contributed by atoms with Gasteiger partial charge in [-0.1, -0.05) is 20.8 Å². The molecule has 0 heterocycles. The number of nitrogen functional groups attached to an aromatic ring is 1. The summed E-state index contributed by atoms with van der Waals surface area (Å²) >= 11 is 0. The number of anilines is 2. The van der Waals surface area contributed by atoms with E-state index in [4.69, 9.17) is 10.5 Å². The first-order valence-corrected chi connectivity index (χ1v) is 7.50. The Balaban J connectivity index is 2.64. The Labute approximate surface area is 127 Å². The summed E-state index contributed by atoms with van der Waals surface area (Å²) in [4.78, 5) is 12.0. The van der Waals surface area contributed by atoms with Crippen LogP contribution in [0, 0.1) is 5.92 Å². The summed E-state index contributed by atoms with van der Waals surface area (Å²) in [5, 5.41) is 6.05. The Morgan fingerprint density at radius 2 is 2.00 bits per heavy atom. The third-order valence-corrected chi connectivity index (χ3v) is 2.86. The van der Waals surface area contributed by atoms with Gasteiger partial charge in [0.2, 0.25) is 5.91 Å². The number of hydrogen-bond donors (Lipinski definition) is 3. The molecule has 0 saturated heterocycles. The molecule has 5 nitrogen and oxygen atoms in total. The summed E-state index contributed by atoms with van der Waals surface area (Å²) in [5.74, 6) is 1.12. The second-order valence-corrected chi connectivity index (χ2v) is 5.64. The number of carbonyl (C=O) groups is 1. The molecule has 1 amide bonds. The zero-order valence-electron chi connectivity index (χ0n) is 13.4. The first-order chi connectivity index (χ1) is 9.92. The van der Waals surface area contributed by atoms with Gasteiger partial charge in [0.05, 0.1) is 6.61 Å². The zero-order valence-corrected chi connectivity index (χ0v) is 13.4. The number of hydrogen-bond acceptors (Lipinski definition) is 4. The quantitative estimate of drug-likeness (QED) is 0.644. The monoisotopic (exact) mass is 293 g/mol. The van der Waals surface area contributed by atoms with Gasteiger partial charge in [-0.05, 0) is 25.3 Å². The molecule has 0 aliphatic carbocycles. The summed E-state index contributed by atoms with van der Waals surface area (Å²) in [7, 11) is 0. The highest BCUT2D eigenvalue weighted by Gasteiger charge is 2.13. The second kappa shape index (κ2) is 8.39. The van der Waals surface area contributed by atoms with Crippen molar-refractivity contribution in [2.45, 2.75) is 40.2 Å². The van der Waals surface area contributed by atoms with E-state index in [0.717, 1.165) is 12.1 Å². The van der Waals surface area contributed by atoms with E-state index in [1.165, 1.54) is 0 Å². The summed E-state index contributed by atoms with van der Waals surface area (Å²) in [6, 6.07) is 5.11. The maximum absolute atomic E-state index is 12.0. The van der Waals surface area contributed by atoms with E-state index in [9.17, 15) is 4.79 Å². The van der Waals surface area contributed by atoms with Gasteiger partial charge in [-0.3, -0.25) is 4.79 Å². The van der Waals surface area contributed by atoms with Crippen LogP contribution in [0.15, 0.2) is 18.2 Å². The lowest BCUT2D eigenvalue weighted by molar-refractivity contribution is -0.121. The van der Waals surface area contributed by atoms with Crippen LogP contribution in [0.2, 0.25) is 0 Å². The molecular formula is C16H27N3O2. The van der Waals surface area contributed by atoms with Crippen molar-refractivity contribution in [1.82, 2.24) is 5.32 Å². The minimum absolute atomic E-state index is 0.0258. The summed E-state index contributed by atoms with van der Waals surface area (Å²) in [6.45, 7) is 9.32. The molecule has 0 bridgehead atoms. The molecule has 5 heteroatoms. The predicted octanol–water partition coefficient (Wildman–Crippen LogP) is 2.63. The first-order valence-electron chi connectivity index (χ1n) is 7.50. The molecule has 118 valence electrons. The Morgan fingerprint density at radius 3 is 2.62 bits per heavy atom. The number of carbonyl (C=O) groups excluding carboxylic acids is 1. The fraction of sp³-hybridized carbons (Fsp3) is 0.562.